The molecule has 0 saturated carbocycles. The third-order valence-corrected chi connectivity index (χ3v) is 3.82. The van der Waals surface area contributed by atoms with Crippen molar-refractivity contribution in [2.45, 2.75) is 12.5 Å². The number of aromatic nitrogens is 2. The number of ether oxygens (including phenoxy) is 1. The van der Waals surface area contributed by atoms with Gasteiger partial charge in [0.15, 0.2) is 5.82 Å². The molecule has 0 spiro atoms. The number of imidazole rings is 1. The van der Waals surface area contributed by atoms with Gasteiger partial charge in [0, 0.05) is 33.1 Å². The molecule has 2 heterocycles. The molecule has 0 aliphatic carbocycles. The molecule has 134 valence electrons. The first-order valence-corrected chi connectivity index (χ1v) is 7.36. The van der Waals surface area contributed by atoms with E-state index in [1.54, 1.807) is 6.07 Å². The van der Waals surface area contributed by atoms with Crippen molar-refractivity contribution < 1.29 is 13.9 Å². The molecule has 0 radical (unpaired) electrons. The molecular formula is C15H21Cl2FN4O2. The van der Waals surface area contributed by atoms with E-state index in [-0.39, 0.29) is 36.5 Å². The smallest absolute Gasteiger partial charge is 0.250 e. The minimum absolute atomic E-state index is 0. The Labute approximate surface area is 152 Å². The zero-order valence-electron chi connectivity index (χ0n) is 13.3. The summed E-state index contributed by atoms with van der Waals surface area (Å²) in [6.07, 6.45) is 0.0999. The molecule has 2 N–H and O–H groups in total. The lowest BCUT2D eigenvalue weighted by Crippen LogP contribution is -2.48. The van der Waals surface area contributed by atoms with Crippen molar-refractivity contribution in [2.24, 2.45) is 7.05 Å². The van der Waals surface area contributed by atoms with Gasteiger partial charge in [0.1, 0.15) is 17.4 Å². The van der Waals surface area contributed by atoms with Crippen molar-refractivity contribution >= 4 is 41.8 Å². The first-order chi connectivity index (χ1) is 10.7. The van der Waals surface area contributed by atoms with Gasteiger partial charge in [-0.25, -0.2) is 9.37 Å². The highest BCUT2D eigenvalue weighted by Crippen LogP contribution is 2.17. The number of rotatable bonds is 4. The van der Waals surface area contributed by atoms with E-state index in [0.29, 0.717) is 31.6 Å². The monoisotopic (exact) mass is 378 g/mol. The molecule has 24 heavy (non-hydrogen) atoms. The van der Waals surface area contributed by atoms with Crippen molar-refractivity contribution in [1.82, 2.24) is 20.2 Å². The topological polar surface area (TPSA) is 68.2 Å². The van der Waals surface area contributed by atoms with Crippen LogP contribution in [0.3, 0.4) is 0 Å². The number of morpholine rings is 1. The molecule has 3 rings (SSSR count). The average Bonchev–Trinajstić information content (AvgIpc) is 2.86. The van der Waals surface area contributed by atoms with Crippen LogP contribution in [0.25, 0.3) is 11.0 Å². The zero-order chi connectivity index (χ0) is 15.5. The standard InChI is InChI=1S/C15H19FN4O2.2ClH/c1-20-11-4-2-3-10(16)14(11)19-13(20)5-6-18-15(21)12-9-17-7-8-22-12;;/h2-4,12,17H,5-9H2,1H3,(H,18,21);2*1H. The van der Waals surface area contributed by atoms with E-state index < -0.39 is 6.10 Å². The summed E-state index contributed by atoms with van der Waals surface area (Å²) in [6.45, 7) is 2.29. The number of nitrogens with one attached hydrogen (secondary N) is 2. The molecule has 1 aliphatic rings. The molecule has 1 amide bonds. The van der Waals surface area contributed by atoms with Gasteiger partial charge in [-0.3, -0.25) is 4.79 Å². The molecule has 1 saturated heterocycles. The van der Waals surface area contributed by atoms with E-state index >= 15 is 0 Å². The highest BCUT2D eigenvalue weighted by Gasteiger charge is 2.21. The number of carbonyl (C=O) groups excluding carboxylic acids is 1. The zero-order valence-corrected chi connectivity index (χ0v) is 14.9. The van der Waals surface area contributed by atoms with Crippen LogP contribution in [0.1, 0.15) is 5.82 Å². The van der Waals surface area contributed by atoms with E-state index in [1.807, 2.05) is 17.7 Å². The normalized spacial score (nSPS) is 17.0. The SMILES string of the molecule is Cl.Cl.Cn1c(CCNC(=O)C2CNCCO2)nc2c(F)cccc21. The minimum atomic E-state index is -0.438. The van der Waals surface area contributed by atoms with Crippen LogP contribution in [0.2, 0.25) is 0 Å². The van der Waals surface area contributed by atoms with E-state index in [0.717, 1.165) is 17.9 Å². The number of para-hydroxylation sites is 1. The van der Waals surface area contributed by atoms with Gasteiger partial charge in [-0.2, -0.15) is 0 Å². The predicted octanol–water partition coefficient (Wildman–Crippen LogP) is 1.20. The van der Waals surface area contributed by atoms with Crippen LogP contribution in [-0.2, 0) is 23.0 Å². The largest absolute Gasteiger partial charge is 0.366 e. The molecule has 2 aromatic rings. The number of hydrogen-bond acceptors (Lipinski definition) is 4. The summed E-state index contributed by atoms with van der Waals surface area (Å²) in [5.74, 6) is 0.283. The molecule has 1 aliphatic heterocycles. The Balaban J connectivity index is 0.00000144. The van der Waals surface area contributed by atoms with E-state index in [9.17, 15) is 9.18 Å². The Morgan fingerprint density at radius 3 is 2.96 bits per heavy atom. The quantitative estimate of drug-likeness (QED) is 0.838. The van der Waals surface area contributed by atoms with Gasteiger partial charge in [0.25, 0.3) is 0 Å². The molecule has 1 atom stereocenters. The summed E-state index contributed by atoms with van der Waals surface area (Å²) < 4.78 is 20.9. The van der Waals surface area contributed by atoms with Crippen molar-refractivity contribution in [3.63, 3.8) is 0 Å². The molecule has 1 unspecified atom stereocenters. The molecule has 6 nitrogen and oxygen atoms in total. The van der Waals surface area contributed by atoms with Gasteiger partial charge >= 0.3 is 0 Å². The Morgan fingerprint density at radius 2 is 2.29 bits per heavy atom. The van der Waals surface area contributed by atoms with Crippen LogP contribution in [0.5, 0.6) is 0 Å². The fraction of sp³-hybridized carbons (Fsp3) is 0.467. The van der Waals surface area contributed by atoms with Gasteiger partial charge in [0.2, 0.25) is 5.91 Å². The Kier molecular flexibility index (Phi) is 7.89. The van der Waals surface area contributed by atoms with Crippen LogP contribution < -0.4 is 10.6 Å². The average molecular weight is 379 g/mol. The number of halogens is 3. The summed E-state index contributed by atoms with van der Waals surface area (Å²) in [7, 11) is 1.85. The maximum Gasteiger partial charge on any atom is 0.250 e. The number of nitrogens with zero attached hydrogens (tertiary/aromatic N) is 2. The second-order valence-corrected chi connectivity index (χ2v) is 5.30. The molecule has 9 heteroatoms. The number of amides is 1. The van der Waals surface area contributed by atoms with Crippen LogP contribution in [0.4, 0.5) is 4.39 Å². The van der Waals surface area contributed by atoms with Gasteiger partial charge < -0.3 is 19.9 Å². The van der Waals surface area contributed by atoms with Crippen molar-refractivity contribution in [2.75, 3.05) is 26.2 Å². The molecular weight excluding hydrogens is 358 g/mol. The number of hydrogen-bond donors (Lipinski definition) is 2. The third kappa shape index (κ3) is 4.36. The Bertz CT molecular complexity index is 689. The number of aryl methyl sites for hydroxylation is 1. The predicted molar refractivity (Wildman–Crippen MR) is 94.5 cm³/mol. The summed E-state index contributed by atoms with van der Waals surface area (Å²) in [4.78, 5) is 16.3. The second kappa shape index (κ2) is 9.17. The van der Waals surface area contributed by atoms with Crippen molar-refractivity contribution in [1.29, 1.82) is 0 Å². The summed E-state index contributed by atoms with van der Waals surface area (Å²) in [5, 5.41) is 5.95. The lowest BCUT2D eigenvalue weighted by Gasteiger charge is -2.22. The number of fused-ring (bicyclic) bond motifs is 1. The minimum Gasteiger partial charge on any atom is -0.366 e. The molecule has 1 aromatic carbocycles. The van der Waals surface area contributed by atoms with Gasteiger partial charge in [0.05, 0.1) is 12.1 Å². The Hall–Kier alpha value is -1.41. The summed E-state index contributed by atoms with van der Waals surface area (Å²) in [5.41, 5.74) is 1.12. The maximum absolute atomic E-state index is 13.7. The second-order valence-electron chi connectivity index (χ2n) is 5.30. The first-order valence-electron chi connectivity index (χ1n) is 7.36. The highest BCUT2D eigenvalue weighted by molar-refractivity contribution is 5.85. The lowest BCUT2D eigenvalue weighted by atomic mass is 10.3. The van der Waals surface area contributed by atoms with Gasteiger partial charge in [-0.15, -0.1) is 24.8 Å². The van der Waals surface area contributed by atoms with Crippen LogP contribution >= 0.6 is 24.8 Å². The van der Waals surface area contributed by atoms with Crippen molar-refractivity contribution in [3.05, 3.63) is 29.8 Å². The van der Waals surface area contributed by atoms with E-state index in [2.05, 4.69) is 15.6 Å². The maximum atomic E-state index is 13.7. The van der Waals surface area contributed by atoms with Gasteiger partial charge in [-0.05, 0) is 12.1 Å². The van der Waals surface area contributed by atoms with E-state index in [1.165, 1.54) is 6.07 Å². The van der Waals surface area contributed by atoms with E-state index in [4.69, 9.17) is 4.74 Å². The molecule has 1 aromatic heterocycles. The van der Waals surface area contributed by atoms with Crippen LogP contribution in [-0.4, -0.2) is 47.8 Å². The number of carbonyl (C=O) groups is 1. The van der Waals surface area contributed by atoms with Crippen molar-refractivity contribution in [3.8, 4) is 0 Å². The highest BCUT2D eigenvalue weighted by atomic mass is 35.5. The first kappa shape index (κ1) is 20.6. The molecule has 0 bridgehead atoms. The lowest BCUT2D eigenvalue weighted by molar-refractivity contribution is -0.134. The fourth-order valence-corrected chi connectivity index (χ4v) is 2.60. The summed E-state index contributed by atoms with van der Waals surface area (Å²) in [6, 6.07) is 4.89. The third-order valence-electron chi connectivity index (χ3n) is 3.82. The Morgan fingerprint density at radius 1 is 1.50 bits per heavy atom. The summed E-state index contributed by atoms with van der Waals surface area (Å²) >= 11 is 0. The van der Waals surface area contributed by atoms with Crippen LogP contribution in [0.15, 0.2) is 18.2 Å². The fourth-order valence-electron chi connectivity index (χ4n) is 2.60. The van der Waals surface area contributed by atoms with Crippen LogP contribution in [0, 0.1) is 5.82 Å². The van der Waals surface area contributed by atoms with Gasteiger partial charge in [-0.1, -0.05) is 6.07 Å². The number of benzene rings is 1. The molecule has 1 fully saturated rings.